The van der Waals surface area contributed by atoms with Crippen molar-refractivity contribution >= 4 is 23.8 Å². The molecular formula is C11H14N4O3S. The van der Waals surface area contributed by atoms with Gasteiger partial charge >= 0.3 is 12.0 Å². The summed E-state index contributed by atoms with van der Waals surface area (Å²) in [7, 11) is 0. The Kier molecular flexibility index (Phi) is 4.20. The molecule has 0 aromatic carbocycles. The van der Waals surface area contributed by atoms with Gasteiger partial charge in [0.25, 0.3) is 0 Å². The van der Waals surface area contributed by atoms with Crippen LogP contribution in [0.25, 0.3) is 0 Å². The van der Waals surface area contributed by atoms with Gasteiger partial charge in [-0.15, -0.1) is 11.8 Å². The number of rotatable bonds is 3. The van der Waals surface area contributed by atoms with Gasteiger partial charge < -0.3 is 15.3 Å². The Morgan fingerprint density at radius 2 is 2.32 bits per heavy atom. The van der Waals surface area contributed by atoms with E-state index in [2.05, 4.69) is 15.3 Å². The number of aromatic nitrogens is 2. The number of carboxylic acids is 1. The number of amides is 2. The van der Waals surface area contributed by atoms with Crippen LogP contribution in [0.4, 0.5) is 4.79 Å². The van der Waals surface area contributed by atoms with Crippen LogP contribution in [0.3, 0.4) is 0 Å². The highest BCUT2D eigenvalue weighted by Crippen LogP contribution is 2.20. The molecule has 2 amide bonds. The summed E-state index contributed by atoms with van der Waals surface area (Å²) in [6.07, 6.45) is 3.20. The average molecular weight is 282 g/mol. The summed E-state index contributed by atoms with van der Waals surface area (Å²) >= 11 is 1.43. The minimum Gasteiger partial charge on any atom is -0.480 e. The van der Waals surface area contributed by atoms with Gasteiger partial charge in [0.15, 0.2) is 0 Å². The molecule has 2 heterocycles. The molecule has 0 spiro atoms. The summed E-state index contributed by atoms with van der Waals surface area (Å²) in [5, 5.41) is 11.6. The fraction of sp³-hybridized carbons (Fsp3) is 0.455. The van der Waals surface area contributed by atoms with Gasteiger partial charge in [-0.05, 0) is 6.92 Å². The Labute approximate surface area is 114 Å². The van der Waals surface area contributed by atoms with E-state index in [-0.39, 0.29) is 12.6 Å². The van der Waals surface area contributed by atoms with Gasteiger partial charge in [0.05, 0.1) is 30.0 Å². The lowest BCUT2D eigenvalue weighted by Crippen LogP contribution is -2.46. The molecule has 7 nitrogen and oxygen atoms in total. The van der Waals surface area contributed by atoms with Gasteiger partial charge in [0.1, 0.15) is 6.04 Å². The Hall–Kier alpha value is -1.83. The first-order valence-electron chi connectivity index (χ1n) is 5.70. The standard InChI is InChI=1S/C11H14N4O3S/c1-7-2-13-8(3-12-7)4-14-11(18)15-6-19-5-9(15)10(16)17/h2-3,9H,4-6H2,1H3,(H,14,18)(H,16,17). The molecule has 0 bridgehead atoms. The molecule has 102 valence electrons. The molecule has 1 aromatic rings. The van der Waals surface area contributed by atoms with Crippen molar-refractivity contribution < 1.29 is 14.7 Å². The summed E-state index contributed by atoms with van der Waals surface area (Å²) in [6, 6.07) is -1.14. The molecule has 8 heteroatoms. The number of carboxylic acid groups (broad SMARTS) is 1. The van der Waals surface area contributed by atoms with Crippen molar-refractivity contribution in [1.82, 2.24) is 20.2 Å². The number of nitrogens with zero attached hydrogens (tertiary/aromatic N) is 3. The van der Waals surface area contributed by atoms with Gasteiger partial charge in [-0.3, -0.25) is 9.97 Å². The highest BCUT2D eigenvalue weighted by Gasteiger charge is 2.34. The number of thioether (sulfide) groups is 1. The van der Waals surface area contributed by atoms with E-state index in [1.54, 1.807) is 12.4 Å². The maximum Gasteiger partial charge on any atom is 0.327 e. The Morgan fingerprint density at radius 3 is 2.95 bits per heavy atom. The lowest BCUT2D eigenvalue weighted by atomic mass is 10.3. The molecule has 1 unspecified atom stereocenters. The van der Waals surface area contributed by atoms with Crippen LogP contribution in [0.5, 0.6) is 0 Å². The van der Waals surface area contributed by atoms with Crippen molar-refractivity contribution in [1.29, 1.82) is 0 Å². The van der Waals surface area contributed by atoms with Crippen molar-refractivity contribution in [2.24, 2.45) is 0 Å². The summed E-state index contributed by atoms with van der Waals surface area (Å²) in [6.45, 7) is 2.06. The van der Waals surface area contributed by atoms with Gasteiger partial charge in [-0.1, -0.05) is 0 Å². The van der Waals surface area contributed by atoms with Crippen LogP contribution in [0, 0.1) is 6.92 Å². The van der Waals surface area contributed by atoms with E-state index in [4.69, 9.17) is 5.11 Å². The predicted octanol–water partition coefficient (Wildman–Crippen LogP) is 0.454. The molecule has 1 fully saturated rings. The van der Waals surface area contributed by atoms with Gasteiger partial charge in [-0.2, -0.15) is 0 Å². The quantitative estimate of drug-likeness (QED) is 0.836. The number of carbonyl (C=O) groups is 2. The van der Waals surface area contributed by atoms with E-state index < -0.39 is 12.0 Å². The zero-order valence-corrected chi connectivity index (χ0v) is 11.2. The third-order valence-electron chi connectivity index (χ3n) is 2.68. The monoisotopic (exact) mass is 282 g/mol. The SMILES string of the molecule is Cc1cnc(CNC(=O)N2CSCC2C(=O)O)cn1. The molecule has 0 radical (unpaired) electrons. The molecule has 0 aliphatic carbocycles. The summed E-state index contributed by atoms with van der Waals surface area (Å²) in [5.41, 5.74) is 1.44. The van der Waals surface area contributed by atoms with Gasteiger partial charge in [-0.25, -0.2) is 9.59 Å². The largest absolute Gasteiger partial charge is 0.480 e. The highest BCUT2D eigenvalue weighted by molar-refractivity contribution is 7.99. The van der Waals surface area contributed by atoms with E-state index >= 15 is 0 Å². The average Bonchev–Trinajstić information content (AvgIpc) is 2.87. The smallest absolute Gasteiger partial charge is 0.327 e. The number of aliphatic carboxylic acids is 1. The first-order valence-corrected chi connectivity index (χ1v) is 6.86. The van der Waals surface area contributed by atoms with E-state index in [1.165, 1.54) is 16.7 Å². The summed E-state index contributed by atoms with van der Waals surface area (Å²) < 4.78 is 0. The van der Waals surface area contributed by atoms with Crippen molar-refractivity contribution in [2.75, 3.05) is 11.6 Å². The van der Waals surface area contributed by atoms with Gasteiger partial charge in [0, 0.05) is 11.9 Å². The number of nitrogens with one attached hydrogen (secondary N) is 1. The van der Waals surface area contributed by atoms with E-state index in [0.29, 0.717) is 17.3 Å². The van der Waals surface area contributed by atoms with E-state index in [1.807, 2.05) is 6.92 Å². The maximum atomic E-state index is 11.9. The molecule has 2 N–H and O–H groups in total. The maximum absolute atomic E-state index is 11.9. The van der Waals surface area contributed by atoms with Crippen LogP contribution in [0.2, 0.25) is 0 Å². The molecule has 1 saturated heterocycles. The molecule has 1 aromatic heterocycles. The first kappa shape index (κ1) is 13.6. The number of urea groups is 1. The zero-order chi connectivity index (χ0) is 13.8. The number of aryl methyl sites for hydroxylation is 1. The topological polar surface area (TPSA) is 95.4 Å². The molecule has 1 aliphatic heterocycles. The Morgan fingerprint density at radius 1 is 1.53 bits per heavy atom. The molecule has 2 rings (SSSR count). The fourth-order valence-corrected chi connectivity index (χ4v) is 2.77. The van der Waals surface area contributed by atoms with Crippen LogP contribution < -0.4 is 5.32 Å². The van der Waals surface area contributed by atoms with Crippen molar-refractivity contribution in [3.8, 4) is 0 Å². The zero-order valence-electron chi connectivity index (χ0n) is 10.4. The first-order chi connectivity index (χ1) is 9.08. The lowest BCUT2D eigenvalue weighted by molar-refractivity contribution is -0.140. The normalized spacial score (nSPS) is 18.4. The minimum atomic E-state index is -0.977. The molecule has 0 saturated carbocycles. The molecule has 1 aliphatic rings. The van der Waals surface area contributed by atoms with Gasteiger partial charge in [0.2, 0.25) is 0 Å². The third-order valence-corrected chi connectivity index (χ3v) is 3.70. The third kappa shape index (κ3) is 3.34. The van der Waals surface area contributed by atoms with Crippen molar-refractivity contribution in [3.05, 3.63) is 23.8 Å². The molecular weight excluding hydrogens is 268 g/mol. The number of hydrogen-bond acceptors (Lipinski definition) is 5. The second-order valence-corrected chi connectivity index (χ2v) is 5.13. The van der Waals surface area contributed by atoms with E-state index in [9.17, 15) is 9.59 Å². The second kappa shape index (κ2) is 5.87. The van der Waals surface area contributed by atoms with Crippen LogP contribution in [0.15, 0.2) is 12.4 Å². The van der Waals surface area contributed by atoms with Crippen molar-refractivity contribution in [2.45, 2.75) is 19.5 Å². The number of carbonyl (C=O) groups excluding carboxylic acids is 1. The van der Waals surface area contributed by atoms with E-state index in [0.717, 1.165) is 5.69 Å². The second-order valence-electron chi connectivity index (χ2n) is 4.13. The Balaban J connectivity index is 1.90. The minimum absolute atomic E-state index is 0.236. The number of hydrogen-bond donors (Lipinski definition) is 2. The van der Waals surface area contributed by atoms with Crippen LogP contribution in [0.1, 0.15) is 11.4 Å². The summed E-state index contributed by atoms with van der Waals surface area (Å²) in [4.78, 5) is 32.4. The molecule has 1 atom stereocenters. The van der Waals surface area contributed by atoms with Crippen LogP contribution in [-0.4, -0.2) is 49.6 Å². The Bertz CT molecular complexity index is 479. The van der Waals surface area contributed by atoms with Crippen molar-refractivity contribution in [3.63, 3.8) is 0 Å². The predicted molar refractivity (Wildman–Crippen MR) is 69.6 cm³/mol. The molecule has 19 heavy (non-hydrogen) atoms. The lowest BCUT2D eigenvalue weighted by Gasteiger charge is -2.20. The van der Waals surface area contributed by atoms with Crippen LogP contribution >= 0.6 is 11.8 Å². The van der Waals surface area contributed by atoms with Crippen LogP contribution in [-0.2, 0) is 11.3 Å². The fourth-order valence-electron chi connectivity index (χ4n) is 1.63. The highest BCUT2D eigenvalue weighted by atomic mass is 32.2. The summed E-state index contributed by atoms with van der Waals surface area (Å²) in [5.74, 6) is -0.162.